The minimum absolute atomic E-state index is 0.163. The van der Waals surface area contributed by atoms with Gasteiger partial charge in [-0.25, -0.2) is 14.5 Å². The molecule has 10 nitrogen and oxygen atoms in total. The molecule has 1 saturated carbocycles. The fourth-order valence-corrected chi connectivity index (χ4v) is 5.03. The van der Waals surface area contributed by atoms with Gasteiger partial charge < -0.3 is 14.8 Å². The van der Waals surface area contributed by atoms with Gasteiger partial charge in [0.1, 0.15) is 16.9 Å². The second-order valence-electron chi connectivity index (χ2n) is 10.5. The lowest BCUT2D eigenvalue weighted by molar-refractivity contribution is -0.185. The summed E-state index contributed by atoms with van der Waals surface area (Å²) in [5.41, 5.74) is 3.11. The largest absolute Gasteiger partial charge is 0.474 e. The number of anilines is 1. The number of aryl methyl sites for hydroxylation is 1. The Bertz CT molecular complexity index is 1430. The summed E-state index contributed by atoms with van der Waals surface area (Å²) in [7, 11) is 0. The van der Waals surface area contributed by atoms with E-state index in [1.165, 1.54) is 0 Å². The minimum Gasteiger partial charge on any atom is -0.474 e. The molecule has 182 valence electrons. The van der Waals surface area contributed by atoms with E-state index in [4.69, 9.17) is 14.5 Å². The van der Waals surface area contributed by atoms with Gasteiger partial charge in [-0.3, -0.25) is 9.20 Å². The third-order valence-corrected chi connectivity index (χ3v) is 7.17. The van der Waals surface area contributed by atoms with Gasteiger partial charge in [-0.05, 0) is 57.4 Å². The number of carbonyl (C=O) groups excluding carboxylic acids is 1. The van der Waals surface area contributed by atoms with Crippen LogP contribution in [0.4, 0.5) is 5.69 Å². The Hall–Kier alpha value is -3.53. The lowest BCUT2D eigenvalue weighted by Gasteiger charge is -2.51. The fourth-order valence-electron chi connectivity index (χ4n) is 5.03. The molecule has 1 amide bonds. The van der Waals surface area contributed by atoms with Gasteiger partial charge in [0.25, 0.3) is 5.91 Å². The molecule has 6 heterocycles. The number of aromatic nitrogens is 6. The van der Waals surface area contributed by atoms with Crippen molar-refractivity contribution in [1.29, 1.82) is 0 Å². The first-order valence-corrected chi connectivity index (χ1v) is 12.1. The Balaban J connectivity index is 1.37. The second kappa shape index (κ2) is 7.74. The molecular weight excluding hydrogens is 446 g/mol. The molecule has 35 heavy (non-hydrogen) atoms. The molecule has 7 rings (SSSR count). The maximum atomic E-state index is 13.4. The Morgan fingerprint density at radius 3 is 2.66 bits per heavy atom. The maximum Gasteiger partial charge on any atom is 0.262 e. The number of amides is 1. The number of hydrogen-bond acceptors (Lipinski definition) is 7. The zero-order valence-electron chi connectivity index (χ0n) is 20.4. The van der Waals surface area contributed by atoms with Gasteiger partial charge in [-0.2, -0.15) is 10.1 Å². The van der Waals surface area contributed by atoms with Crippen LogP contribution in [0.5, 0.6) is 5.88 Å². The Morgan fingerprint density at radius 2 is 1.94 bits per heavy atom. The summed E-state index contributed by atoms with van der Waals surface area (Å²) in [5.74, 6) is 0.362. The molecule has 3 fully saturated rings. The van der Waals surface area contributed by atoms with Gasteiger partial charge in [0, 0.05) is 24.8 Å². The Kier molecular flexibility index (Phi) is 4.86. The molecule has 2 saturated heterocycles. The predicted octanol–water partition coefficient (Wildman–Crippen LogP) is 3.93. The molecule has 0 aromatic carbocycles. The average molecular weight is 476 g/mol. The lowest BCUT2D eigenvalue weighted by Crippen LogP contribution is -2.48. The molecule has 0 unspecified atom stereocenters. The summed E-state index contributed by atoms with van der Waals surface area (Å²) in [6.45, 7) is 8.77. The van der Waals surface area contributed by atoms with Crippen LogP contribution in [0.1, 0.15) is 68.1 Å². The number of fused-ring (bicyclic) bond motifs is 5. The average Bonchev–Trinajstić information content (AvgIpc) is 3.42. The molecule has 4 aromatic heterocycles. The van der Waals surface area contributed by atoms with E-state index >= 15 is 0 Å². The van der Waals surface area contributed by atoms with E-state index in [1.54, 1.807) is 27.5 Å². The molecule has 0 atom stereocenters. The summed E-state index contributed by atoms with van der Waals surface area (Å²) >= 11 is 0. The molecule has 10 heteroatoms. The smallest absolute Gasteiger partial charge is 0.262 e. The van der Waals surface area contributed by atoms with Crippen molar-refractivity contribution in [2.24, 2.45) is 5.41 Å². The second-order valence-corrected chi connectivity index (χ2v) is 10.5. The number of nitrogens with zero attached hydrogens (tertiary/aromatic N) is 6. The third-order valence-electron chi connectivity index (χ3n) is 7.17. The number of rotatable bonds is 5. The van der Waals surface area contributed by atoms with Crippen LogP contribution in [0.15, 0.2) is 31.0 Å². The highest BCUT2D eigenvalue weighted by Crippen LogP contribution is 2.53. The molecule has 2 aliphatic heterocycles. The molecule has 0 radical (unpaired) electrons. The van der Waals surface area contributed by atoms with Crippen molar-refractivity contribution in [3.8, 4) is 5.88 Å². The Labute approximate surface area is 202 Å². The molecule has 3 aliphatic rings. The topological polar surface area (TPSA) is 108 Å². The molecular formula is C25H29N7O3. The fraction of sp³-hybridized carbons (Fsp3) is 0.480. The molecule has 0 spiro atoms. The lowest BCUT2D eigenvalue weighted by atomic mass is 9.66. The van der Waals surface area contributed by atoms with E-state index in [2.05, 4.69) is 27.3 Å². The van der Waals surface area contributed by atoms with Crippen molar-refractivity contribution < 1.29 is 14.3 Å². The number of nitrogens with one attached hydrogen (secondary N) is 1. The predicted molar refractivity (Wildman–Crippen MR) is 129 cm³/mol. The monoisotopic (exact) mass is 475 g/mol. The maximum absolute atomic E-state index is 13.4. The third kappa shape index (κ3) is 3.72. The zero-order valence-corrected chi connectivity index (χ0v) is 20.4. The molecule has 1 N–H and O–H groups in total. The summed E-state index contributed by atoms with van der Waals surface area (Å²) in [4.78, 5) is 27.2. The van der Waals surface area contributed by atoms with Crippen LogP contribution in [-0.4, -0.2) is 47.6 Å². The summed E-state index contributed by atoms with van der Waals surface area (Å²) in [6.07, 6.45) is 12.8. The van der Waals surface area contributed by atoms with Crippen molar-refractivity contribution in [2.45, 2.75) is 65.1 Å². The van der Waals surface area contributed by atoms with Crippen LogP contribution in [-0.2, 0) is 10.3 Å². The Morgan fingerprint density at radius 1 is 1.14 bits per heavy atom. The van der Waals surface area contributed by atoms with E-state index in [0.29, 0.717) is 22.7 Å². The normalized spacial score (nSPS) is 23.9. The first-order valence-electron chi connectivity index (χ1n) is 12.1. The van der Waals surface area contributed by atoms with Crippen molar-refractivity contribution in [3.63, 3.8) is 0 Å². The van der Waals surface area contributed by atoms with E-state index in [0.717, 1.165) is 43.5 Å². The van der Waals surface area contributed by atoms with Gasteiger partial charge >= 0.3 is 0 Å². The van der Waals surface area contributed by atoms with Gasteiger partial charge in [0.15, 0.2) is 5.65 Å². The molecule has 1 aliphatic carbocycles. The van der Waals surface area contributed by atoms with Crippen LogP contribution in [0.25, 0.3) is 11.4 Å². The van der Waals surface area contributed by atoms with Crippen molar-refractivity contribution in [3.05, 3.63) is 47.8 Å². The van der Waals surface area contributed by atoms with E-state index in [-0.39, 0.29) is 28.9 Å². The van der Waals surface area contributed by atoms with Crippen LogP contribution in [0.2, 0.25) is 0 Å². The van der Waals surface area contributed by atoms with Gasteiger partial charge in [0.2, 0.25) is 11.7 Å². The highest BCUT2D eigenvalue weighted by atomic mass is 16.5. The van der Waals surface area contributed by atoms with Crippen LogP contribution < -0.4 is 10.1 Å². The van der Waals surface area contributed by atoms with E-state index in [1.807, 2.05) is 33.2 Å². The number of carbonyl (C=O) groups is 1. The van der Waals surface area contributed by atoms with Crippen LogP contribution >= 0.6 is 0 Å². The number of ether oxygens (including phenoxy) is 2. The van der Waals surface area contributed by atoms with Gasteiger partial charge in [0.05, 0.1) is 24.6 Å². The zero-order chi connectivity index (χ0) is 24.4. The summed E-state index contributed by atoms with van der Waals surface area (Å²) < 4.78 is 15.7. The minimum atomic E-state index is -0.381. The highest BCUT2D eigenvalue weighted by molar-refractivity contribution is 6.07. The highest BCUT2D eigenvalue weighted by Gasteiger charge is 2.49. The van der Waals surface area contributed by atoms with Gasteiger partial charge in [-0.1, -0.05) is 6.92 Å². The first-order chi connectivity index (χ1) is 16.7. The summed E-state index contributed by atoms with van der Waals surface area (Å²) in [6, 6.07) is 0. The van der Waals surface area contributed by atoms with Crippen molar-refractivity contribution in [2.75, 3.05) is 11.9 Å². The van der Waals surface area contributed by atoms with Crippen molar-refractivity contribution >= 4 is 23.0 Å². The quantitative estimate of drug-likeness (QED) is 0.466. The SMILES string of the molecule is Cc1cnc2c(NC(=O)c3cn4cc(C56CCC(C)(CC5)CO6)nc4nc3OC(C)C)cnn2c1. The molecule has 2 bridgehead atoms. The van der Waals surface area contributed by atoms with E-state index < -0.39 is 0 Å². The first kappa shape index (κ1) is 22.0. The number of hydrogen-bond donors (Lipinski definition) is 1. The van der Waals surface area contributed by atoms with Crippen LogP contribution in [0.3, 0.4) is 0 Å². The van der Waals surface area contributed by atoms with Crippen molar-refractivity contribution in [1.82, 2.24) is 29.0 Å². The van der Waals surface area contributed by atoms with Crippen LogP contribution in [0, 0.1) is 12.3 Å². The number of imidazole rings is 1. The molecule has 4 aromatic rings. The standard InChI is InChI=1S/C25H29N7O3/c1-15(2)35-22-17(21(33)28-18-10-27-32-11-16(3)9-26-20(18)32)12-31-13-19(29-23(31)30-22)25-7-5-24(4,6-8-25)14-34-25/h9-13,15H,5-8,14H2,1-4H3,(H,28,33). The summed E-state index contributed by atoms with van der Waals surface area (Å²) in [5, 5.41) is 7.21. The van der Waals surface area contributed by atoms with E-state index in [9.17, 15) is 4.79 Å². The van der Waals surface area contributed by atoms with Gasteiger partial charge in [-0.15, -0.1) is 0 Å².